The summed E-state index contributed by atoms with van der Waals surface area (Å²) in [6, 6.07) is 0.604. The van der Waals surface area contributed by atoms with Gasteiger partial charge in [-0.3, -0.25) is 11.3 Å². The van der Waals surface area contributed by atoms with Crippen LogP contribution in [0.3, 0.4) is 0 Å². The predicted molar refractivity (Wildman–Crippen MR) is 64.2 cm³/mol. The summed E-state index contributed by atoms with van der Waals surface area (Å²) in [5.74, 6) is 8.54. The van der Waals surface area contributed by atoms with E-state index in [1.54, 1.807) is 0 Å². The molecule has 0 bridgehead atoms. The Hall–Kier alpha value is -0.0800. The van der Waals surface area contributed by atoms with Crippen LogP contribution in [-0.4, -0.2) is 6.04 Å². The first-order valence-corrected chi connectivity index (χ1v) is 6.79. The monoisotopic (exact) mass is 210 g/mol. The van der Waals surface area contributed by atoms with Crippen molar-refractivity contribution in [2.45, 2.75) is 64.3 Å². The van der Waals surface area contributed by atoms with Gasteiger partial charge in [-0.2, -0.15) is 0 Å². The summed E-state index contributed by atoms with van der Waals surface area (Å²) in [6.07, 6.45) is 11.3. The maximum Gasteiger partial charge on any atom is 0.0241 e. The van der Waals surface area contributed by atoms with E-state index in [2.05, 4.69) is 12.3 Å². The lowest BCUT2D eigenvalue weighted by atomic mass is 9.78. The quantitative estimate of drug-likeness (QED) is 0.541. The van der Waals surface area contributed by atoms with E-state index in [1.807, 2.05) is 0 Å². The van der Waals surface area contributed by atoms with Crippen molar-refractivity contribution in [1.29, 1.82) is 0 Å². The van der Waals surface area contributed by atoms with Crippen molar-refractivity contribution in [2.24, 2.45) is 23.6 Å². The molecule has 0 spiro atoms. The molecule has 3 atom stereocenters. The van der Waals surface area contributed by atoms with Crippen molar-refractivity contribution in [1.82, 2.24) is 5.43 Å². The van der Waals surface area contributed by atoms with E-state index in [-0.39, 0.29) is 0 Å². The molecule has 2 nitrogen and oxygen atoms in total. The second kappa shape index (κ2) is 5.31. The van der Waals surface area contributed by atoms with Crippen LogP contribution in [0, 0.1) is 17.8 Å². The fourth-order valence-corrected chi connectivity index (χ4v) is 3.33. The molecular weight excluding hydrogens is 184 g/mol. The number of nitrogens with one attached hydrogen (secondary N) is 1. The van der Waals surface area contributed by atoms with Gasteiger partial charge in [0.25, 0.3) is 0 Å². The summed E-state index contributed by atoms with van der Waals surface area (Å²) < 4.78 is 0. The summed E-state index contributed by atoms with van der Waals surface area (Å²) in [7, 11) is 0. The molecule has 3 N–H and O–H groups in total. The van der Waals surface area contributed by atoms with Crippen LogP contribution in [-0.2, 0) is 0 Å². The Bertz CT molecular complexity index is 189. The number of rotatable bonds is 5. The van der Waals surface area contributed by atoms with E-state index in [0.717, 1.165) is 17.8 Å². The minimum atomic E-state index is 0.604. The third-order valence-electron chi connectivity index (χ3n) is 4.75. The highest BCUT2D eigenvalue weighted by Gasteiger charge is 2.32. The van der Waals surface area contributed by atoms with Gasteiger partial charge in [-0.1, -0.05) is 39.0 Å². The molecule has 0 heterocycles. The number of hydrazine groups is 1. The second-order valence-electron chi connectivity index (χ2n) is 5.65. The van der Waals surface area contributed by atoms with E-state index in [4.69, 9.17) is 5.84 Å². The molecule has 0 aromatic heterocycles. The normalized spacial score (nSPS) is 34.0. The van der Waals surface area contributed by atoms with Crippen molar-refractivity contribution >= 4 is 0 Å². The molecule has 15 heavy (non-hydrogen) atoms. The van der Waals surface area contributed by atoms with Gasteiger partial charge < -0.3 is 0 Å². The Morgan fingerprint density at radius 2 is 2.00 bits per heavy atom. The van der Waals surface area contributed by atoms with E-state index in [1.165, 1.54) is 51.4 Å². The molecular formula is C13H26N2. The van der Waals surface area contributed by atoms with Crippen LogP contribution in [0.2, 0.25) is 0 Å². The third-order valence-corrected chi connectivity index (χ3v) is 4.75. The molecule has 2 rings (SSSR count). The van der Waals surface area contributed by atoms with E-state index in [9.17, 15) is 0 Å². The lowest BCUT2D eigenvalue weighted by molar-refractivity contribution is 0.221. The Kier molecular flexibility index (Phi) is 4.04. The second-order valence-corrected chi connectivity index (χ2v) is 5.65. The van der Waals surface area contributed by atoms with Crippen LogP contribution in [0.15, 0.2) is 0 Å². The van der Waals surface area contributed by atoms with Crippen LogP contribution in [0.4, 0.5) is 0 Å². The van der Waals surface area contributed by atoms with Crippen molar-refractivity contribution in [3.63, 3.8) is 0 Å². The zero-order chi connectivity index (χ0) is 10.7. The Balaban J connectivity index is 1.78. The number of hydrogen-bond acceptors (Lipinski definition) is 2. The molecule has 0 aliphatic heterocycles. The molecule has 0 radical (unpaired) electrons. The molecule has 2 saturated carbocycles. The smallest absolute Gasteiger partial charge is 0.0241 e. The minimum Gasteiger partial charge on any atom is -0.271 e. The minimum absolute atomic E-state index is 0.604. The SMILES string of the molecule is CCC1CCC(C(CC2CCC2)NN)C1. The third kappa shape index (κ3) is 2.73. The maximum absolute atomic E-state index is 5.72. The Morgan fingerprint density at radius 1 is 1.20 bits per heavy atom. The molecule has 2 aliphatic rings. The van der Waals surface area contributed by atoms with Crippen molar-refractivity contribution < 1.29 is 0 Å². The average Bonchev–Trinajstić information content (AvgIpc) is 2.65. The highest BCUT2D eigenvalue weighted by Crippen LogP contribution is 2.39. The topological polar surface area (TPSA) is 38.0 Å². The summed E-state index contributed by atoms with van der Waals surface area (Å²) in [5, 5.41) is 0. The van der Waals surface area contributed by atoms with Gasteiger partial charge in [-0.05, 0) is 37.0 Å². The lowest BCUT2D eigenvalue weighted by Crippen LogP contribution is -2.42. The highest BCUT2D eigenvalue weighted by molar-refractivity contribution is 4.86. The first-order valence-electron chi connectivity index (χ1n) is 6.79. The van der Waals surface area contributed by atoms with Gasteiger partial charge in [0, 0.05) is 6.04 Å². The van der Waals surface area contributed by atoms with Crippen molar-refractivity contribution in [3.05, 3.63) is 0 Å². The molecule has 2 heteroatoms. The van der Waals surface area contributed by atoms with Crippen LogP contribution in [0.25, 0.3) is 0 Å². The Morgan fingerprint density at radius 3 is 2.47 bits per heavy atom. The zero-order valence-corrected chi connectivity index (χ0v) is 10.0. The van der Waals surface area contributed by atoms with Gasteiger partial charge >= 0.3 is 0 Å². The predicted octanol–water partition coefficient (Wildman–Crippen LogP) is 2.83. The molecule has 88 valence electrons. The van der Waals surface area contributed by atoms with Crippen LogP contribution >= 0.6 is 0 Å². The van der Waals surface area contributed by atoms with Crippen LogP contribution in [0.5, 0.6) is 0 Å². The average molecular weight is 210 g/mol. The molecule has 2 fully saturated rings. The van der Waals surface area contributed by atoms with E-state index < -0.39 is 0 Å². The number of hydrogen-bond donors (Lipinski definition) is 2. The van der Waals surface area contributed by atoms with Gasteiger partial charge in [0.15, 0.2) is 0 Å². The van der Waals surface area contributed by atoms with E-state index in [0.29, 0.717) is 6.04 Å². The van der Waals surface area contributed by atoms with Crippen molar-refractivity contribution in [3.8, 4) is 0 Å². The van der Waals surface area contributed by atoms with Gasteiger partial charge in [-0.25, -0.2) is 0 Å². The first-order chi connectivity index (χ1) is 7.33. The fraction of sp³-hybridized carbons (Fsp3) is 1.00. The summed E-state index contributed by atoms with van der Waals surface area (Å²) >= 11 is 0. The first kappa shape index (κ1) is 11.4. The zero-order valence-electron chi connectivity index (χ0n) is 10.0. The van der Waals surface area contributed by atoms with E-state index >= 15 is 0 Å². The van der Waals surface area contributed by atoms with Crippen LogP contribution in [0.1, 0.15) is 58.3 Å². The fourth-order valence-electron chi connectivity index (χ4n) is 3.33. The van der Waals surface area contributed by atoms with Gasteiger partial charge in [0.05, 0.1) is 0 Å². The summed E-state index contributed by atoms with van der Waals surface area (Å²) in [4.78, 5) is 0. The molecule has 0 amide bonds. The van der Waals surface area contributed by atoms with Gasteiger partial charge in [-0.15, -0.1) is 0 Å². The maximum atomic E-state index is 5.72. The highest BCUT2D eigenvalue weighted by atomic mass is 15.2. The molecule has 0 aromatic rings. The standard InChI is InChI=1S/C13H26N2/c1-2-10-6-7-12(8-10)13(15-14)9-11-4-3-5-11/h10-13,15H,2-9,14H2,1H3. The molecule has 0 saturated heterocycles. The lowest BCUT2D eigenvalue weighted by Gasteiger charge is -2.32. The Labute approximate surface area is 94.0 Å². The molecule has 3 unspecified atom stereocenters. The summed E-state index contributed by atoms with van der Waals surface area (Å²) in [5.41, 5.74) is 3.09. The van der Waals surface area contributed by atoms with Crippen molar-refractivity contribution in [2.75, 3.05) is 0 Å². The molecule has 2 aliphatic carbocycles. The van der Waals surface area contributed by atoms with Gasteiger partial charge in [0.1, 0.15) is 0 Å². The number of nitrogens with two attached hydrogens (primary N) is 1. The van der Waals surface area contributed by atoms with Crippen LogP contribution < -0.4 is 11.3 Å². The molecule has 0 aromatic carbocycles. The van der Waals surface area contributed by atoms with Gasteiger partial charge in [0.2, 0.25) is 0 Å². The largest absolute Gasteiger partial charge is 0.271 e. The summed E-state index contributed by atoms with van der Waals surface area (Å²) in [6.45, 7) is 2.32.